The molecule has 2 aromatic rings. The first-order valence-electron chi connectivity index (χ1n) is 7.92. The highest BCUT2D eigenvalue weighted by Gasteiger charge is 2.27. The van der Waals surface area contributed by atoms with Crippen molar-refractivity contribution >= 4 is 27.5 Å². The van der Waals surface area contributed by atoms with Crippen LogP contribution in [0.2, 0.25) is 0 Å². The number of rotatable bonds is 5. The van der Waals surface area contributed by atoms with Gasteiger partial charge in [-0.05, 0) is 37.2 Å². The summed E-state index contributed by atoms with van der Waals surface area (Å²) in [4.78, 5) is 18.7. The van der Waals surface area contributed by atoms with E-state index in [-0.39, 0.29) is 16.9 Å². The van der Waals surface area contributed by atoms with Gasteiger partial charge < -0.3 is 9.47 Å². The Morgan fingerprint density at radius 1 is 1.40 bits per heavy atom. The number of hydrogen-bond donors (Lipinski definition) is 1. The van der Waals surface area contributed by atoms with Gasteiger partial charge in [-0.2, -0.15) is 0 Å². The topological polar surface area (TPSA) is 110 Å². The molecule has 1 fully saturated rings. The lowest BCUT2D eigenvalue weighted by atomic mass is 9.97. The molecule has 11 heteroatoms. The number of likely N-dealkylation sites (tertiary alicyclic amines) is 1. The SMILES string of the molecule is Cc1nnsc1C(=O)N1CCC(CNS(=O)(=O)c2cn(C)cn2)CC1. The second-order valence-electron chi connectivity index (χ2n) is 6.15. The van der Waals surface area contributed by atoms with E-state index in [1.54, 1.807) is 23.4 Å². The molecule has 1 amide bonds. The van der Waals surface area contributed by atoms with E-state index in [1.807, 2.05) is 0 Å². The van der Waals surface area contributed by atoms with E-state index in [4.69, 9.17) is 0 Å². The van der Waals surface area contributed by atoms with E-state index in [0.29, 0.717) is 30.2 Å². The third kappa shape index (κ3) is 4.05. The predicted molar refractivity (Wildman–Crippen MR) is 91.7 cm³/mol. The third-order valence-electron chi connectivity index (χ3n) is 4.27. The van der Waals surface area contributed by atoms with Crippen LogP contribution in [0.5, 0.6) is 0 Å². The Labute approximate surface area is 150 Å². The summed E-state index contributed by atoms with van der Waals surface area (Å²) in [6, 6.07) is 0. The highest BCUT2D eigenvalue weighted by Crippen LogP contribution is 2.21. The number of piperidine rings is 1. The van der Waals surface area contributed by atoms with Crippen molar-refractivity contribution in [2.24, 2.45) is 13.0 Å². The molecule has 0 bridgehead atoms. The second-order valence-corrected chi connectivity index (χ2v) is 8.62. The van der Waals surface area contributed by atoms with E-state index in [0.717, 1.165) is 24.4 Å². The Bertz CT molecular complexity index is 852. The second kappa shape index (κ2) is 7.18. The minimum absolute atomic E-state index is 0.0239. The van der Waals surface area contributed by atoms with Gasteiger partial charge in [-0.25, -0.2) is 18.1 Å². The summed E-state index contributed by atoms with van der Waals surface area (Å²) in [5.41, 5.74) is 0.653. The van der Waals surface area contributed by atoms with Crippen LogP contribution in [0.1, 0.15) is 28.2 Å². The normalized spacial score (nSPS) is 16.3. The minimum atomic E-state index is -3.59. The fraction of sp³-hybridized carbons (Fsp3) is 0.571. The van der Waals surface area contributed by atoms with Crippen LogP contribution in [0, 0.1) is 12.8 Å². The molecule has 0 aliphatic carbocycles. The molecule has 0 atom stereocenters. The average Bonchev–Trinajstić information content (AvgIpc) is 3.22. The Balaban J connectivity index is 1.51. The van der Waals surface area contributed by atoms with E-state index in [9.17, 15) is 13.2 Å². The van der Waals surface area contributed by atoms with Crippen LogP contribution >= 0.6 is 11.5 Å². The van der Waals surface area contributed by atoms with Crippen molar-refractivity contribution in [2.75, 3.05) is 19.6 Å². The summed E-state index contributed by atoms with van der Waals surface area (Å²) >= 11 is 1.11. The van der Waals surface area contributed by atoms with Gasteiger partial charge in [0.1, 0.15) is 4.88 Å². The summed E-state index contributed by atoms with van der Waals surface area (Å²) in [6.07, 6.45) is 4.42. The van der Waals surface area contributed by atoms with E-state index in [2.05, 4.69) is 19.3 Å². The number of nitrogens with zero attached hydrogens (tertiary/aromatic N) is 5. The molecule has 3 rings (SSSR count). The molecular formula is C14H20N6O3S2. The fourth-order valence-electron chi connectivity index (χ4n) is 2.74. The number of carbonyl (C=O) groups is 1. The first kappa shape index (κ1) is 18.0. The molecule has 1 N–H and O–H groups in total. The van der Waals surface area contributed by atoms with Gasteiger partial charge in [-0.15, -0.1) is 5.10 Å². The maximum absolute atomic E-state index is 12.4. The molecule has 0 unspecified atom stereocenters. The monoisotopic (exact) mass is 384 g/mol. The predicted octanol–water partition coefficient (Wildman–Crippen LogP) is 0.411. The van der Waals surface area contributed by atoms with Crippen molar-refractivity contribution in [2.45, 2.75) is 24.8 Å². The summed E-state index contributed by atoms with van der Waals surface area (Å²) in [6.45, 7) is 3.33. The Morgan fingerprint density at radius 2 is 2.12 bits per heavy atom. The molecule has 1 aliphatic heterocycles. The first-order chi connectivity index (χ1) is 11.9. The summed E-state index contributed by atoms with van der Waals surface area (Å²) in [7, 11) is -1.87. The third-order valence-corrected chi connectivity index (χ3v) is 6.39. The van der Waals surface area contributed by atoms with Crippen LogP contribution in [-0.2, 0) is 17.1 Å². The lowest BCUT2D eigenvalue weighted by molar-refractivity contribution is 0.0696. The molecule has 9 nitrogen and oxygen atoms in total. The molecular weight excluding hydrogens is 364 g/mol. The molecule has 0 saturated carbocycles. The largest absolute Gasteiger partial charge is 0.339 e. The number of carbonyl (C=O) groups excluding carboxylic acids is 1. The Hall–Kier alpha value is -1.85. The Morgan fingerprint density at radius 3 is 2.68 bits per heavy atom. The van der Waals surface area contributed by atoms with Crippen molar-refractivity contribution in [3.05, 3.63) is 23.1 Å². The average molecular weight is 384 g/mol. The number of aromatic nitrogens is 4. The highest BCUT2D eigenvalue weighted by molar-refractivity contribution is 7.89. The van der Waals surface area contributed by atoms with Crippen LogP contribution in [0.25, 0.3) is 0 Å². The summed E-state index contributed by atoms with van der Waals surface area (Å²) in [5.74, 6) is 0.156. The van der Waals surface area contributed by atoms with Gasteiger partial charge >= 0.3 is 0 Å². The lowest BCUT2D eigenvalue weighted by Gasteiger charge is -2.31. The van der Waals surface area contributed by atoms with Crippen molar-refractivity contribution < 1.29 is 13.2 Å². The van der Waals surface area contributed by atoms with Gasteiger partial charge in [-0.3, -0.25) is 4.79 Å². The maximum atomic E-state index is 12.4. The number of sulfonamides is 1. The summed E-state index contributed by atoms with van der Waals surface area (Å²) < 4.78 is 32.4. The van der Waals surface area contributed by atoms with Crippen molar-refractivity contribution in [3.63, 3.8) is 0 Å². The van der Waals surface area contributed by atoms with Gasteiger partial charge in [0.05, 0.1) is 12.0 Å². The zero-order valence-corrected chi connectivity index (χ0v) is 15.7. The maximum Gasteiger partial charge on any atom is 0.267 e. The Kier molecular flexibility index (Phi) is 5.16. The van der Waals surface area contributed by atoms with Crippen LogP contribution in [0.3, 0.4) is 0 Å². The lowest BCUT2D eigenvalue weighted by Crippen LogP contribution is -2.41. The summed E-state index contributed by atoms with van der Waals surface area (Å²) in [5, 5.41) is 3.90. The van der Waals surface area contributed by atoms with Gasteiger partial charge in [0.2, 0.25) is 0 Å². The van der Waals surface area contributed by atoms with Crippen molar-refractivity contribution in [3.8, 4) is 0 Å². The van der Waals surface area contributed by atoms with Gasteiger partial charge in [-0.1, -0.05) is 4.49 Å². The molecule has 25 heavy (non-hydrogen) atoms. The highest BCUT2D eigenvalue weighted by atomic mass is 32.2. The number of imidazole rings is 1. The van der Waals surface area contributed by atoms with E-state index in [1.165, 1.54) is 12.5 Å². The standard InChI is InChI=1S/C14H20N6O3S2/c1-10-13(24-18-17-10)14(21)20-5-3-11(4-6-20)7-16-25(22,23)12-8-19(2)9-15-12/h8-9,11,16H,3-7H2,1-2H3. The molecule has 1 aliphatic rings. The molecule has 1 saturated heterocycles. The van der Waals surface area contributed by atoms with Crippen molar-refractivity contribution in [1.29, 1.82) is 0 Å². The minimum Gasteiger partial charge on any atom is -0.339 e. The van der Waals surface area contributed by atoms with Crippen LogP contribution in [0.4, 0.5) is 0 Å². The van der Waals surface area contributed by atoms with Crippen molar-refractivity contribution in [1.82, 2.24) is 28.8 Å². The van der Waals surface area contributed by atoms with Crippen LogP contribution in [-0.4, -0.2) is 58.0 Å². The molecule has 2 aromatic heterocycles. The van der Waals surface area contributed by atoms with Crippen LogP contribution < -0.4 is 4.72 Å². The number of aryl methyl sites for hydroxylation is 2. The molecule has 0 spiro atoms. The number of nitrogens with one attached hydrogen (secondary N) is 1. The fourth-order valence-corrected chi connectivity index (χ4v) is 4.46. The quantitative estimate of drug-likeness (QED) is 0.799. The van der Waals surface area contributed by atoms with Gasteiger partial charge in [0.15, 0.2) is 5.03 Å². The zero-order valence-electron chi connectivity index (χ0n) is 14.0. The van der Waals surface area contributed by atoms with Gasteiger partial charge in [0.25, 0.3) is 15.9 Å². The number of amides is 1. The smallest absolute Gasteiger partial charge is 0.267 e. The van der Waals surface area contributed by atoms with E-state index >= 15 is 0 Å². The number of hydrogen-bond acceptors (Lipinski definition) is 7. The van der Waals surface area contributed by atoms with Crippen LogP contribution in [0.15, 0.2) is 17.6 Å². The first-order valence-corrected chi connectivity index (χ1v) is 10.2. The zero-order chi connectivity index (χ0) is 18.0. The van der Waals surface area contributed by atoms with Gasteiger partial charge in [0, 0.05) is 32.9 Å². The van der Waals surface area contributed by atoms with E-state index < -0.39 is 10.0 Å². The molecule has 3 heterocycles. The molecule has 0 aromatic carbocycles. The molecule has 136 valence electrons. The molecule has 0 radical (unpaired) electrons.